The molecule has 1 amide bonds. The lowest BCUT2D eigenvalue weighted by Gasteiger charge is -2.31. The molecule has 0 saturated carbocycles. The van der Waals surface area contributed by atoms with Crippen LogP contribution in [-0.4, -0.2) is 36.8 Å². The maximum absolute atomic E-state index is 12.6. The van der Waals surface area contributed by atoms with Crippen LogP contribution >= 0.6 is 11.6 Å². The van der Waals surface area contributed by atoms with Gasteiger partial charge in [-0.25, -0.2) is 0 Å². The highest BCUT2D eigenvalue weighted by atomic mass is 35.5. The number of hydrogen-bond acceptors (Lipinski definition) is 3. The van der Waals surface area contributed by atoms with Crippen molar-refractivity contribution in [2.45, 2.75) is 19.8 Å². The second-order valence-electron chi connectivity index (χ2n) is 4.92. The third-order valence-electron chi connectivity index (χ3n) is 3.70. The predicted molar refractivity (Wildman–Crippen MR) is 77.3 cm³/mol. The maximum Gasteiger partial charge on any atom is 0.257 e. The van der Waals surface area contributed by atoms with Crippen LogP contribution in [0.1, 0.15) is 30.1 Å². The Morgan fingerprint density at radius 2 is 2.25 bits per heavy atom. The van der Waals surface area contributed by atoms with Crippen LogP contribution in [-0.2, 0) is 4.79 Å². The Morgan fingerprint density at radius 1 is 1.50 bits per heavy atom. The van der Waals surface area contributed by atoms with Gasteiger partial charge in [0.2, 0.25) is 0 Å². The number of ether oxygens (including phenoxy) is 1. The lowest BCUT2D eigenvalue weighted by atomic mass is 9.93. The van der Waals surface area contributed by atoms with Gasteiger partial charge in [-0.1, -0.05) is 18.5 Å². The first-order chi connectivity index (χ1) is 9.56. The van der Waals surface area contributed by atoms with Crippen LogP contribution in [0.15, 0.2) is 18.2 Å². The van der Waals surface area contributed by atoms with Crippen molar-refractivity contribution in [3.05, 3.63) is 28.8 Å². The minimum Gasteiger partial charge on any atom is -0.496 e. The fourth-order valence-corrected chi connectivity index (χ4v) is 2.62. The molecule has 1 aromatic carbocycles. The third-order valence-corrected chi connectivity index (χ3v) is 3.93. The molecule has 20 heavy (non-hydrogen) atoms. The summed E-state index contributed by atoms with van der Waals surface area (Å²) in [5.74, 6) is 0.558. The number of methoxy groups -OCH3 is 1. The number of hydrogen-bond donors (Lipinski definition) is 0. The van der Waals surface area contributed by atoms with Gasteiger partial charge in [0, 0.05) is 30.5 Å². The number of likely N-dealkylation sites (tertiary alicyclic amines) is 1. The molecule has 108 valence electrons. The SMILES string of the molecule is CCC1CN(C(=O)c2ccc(Cl)cc2OC)CCC1=O. The average molecular weight is 296 g/mol. The molecular weight excluding hydrogens is 278 g/mol. The standard InChI is InChI=1S/C15H18ClNO3/c1-3-10-9-17(7-6-13(10)18)15(19)12-5-4-11(16)8-14(12)20-2/h4-5,8,10H,3,6-7,9H2,1-2H3. The first-order valence-electron chi connectivity index (χ1n) is 6.72. The molecule has 1 unspecified atom stereocenters. The molecule has 1 aliphatic rings. The highest BCUT2D eigenvalue weighted by Gasteiger charge is 2.30. The Balaban J connectivity index is 2.21. The van der Waals surface area contributed by atoms with E-state index in [1.165, 1.54) is 7.11 Å². The Kier molecular flexibility index (Phi) is 4.65. The van der Waals surface area contributed by atoms with Crippen LogP contribution in [0, 0.1) is 5.92 Å². The highest BCUT2D eigenvalue weighted by Crippen LogP contribution is 2.26. The molecule has 4 nitrogen and oxygen atoms in total. The van der Waals surface area contributed by atoms with Crippen LogP contribution in [0.25, 0.3) is 0 Å². The fourth-order valence-electron chi connectivity index (χ4n) is 2.46. The number of benzene rings is 1. The molecule has 0 aromatic heterocycles. The van der Waals surface area contributed by atoms with Crippen molar-refractivity contribution >= 4 is 23.3 Å². The van der Waals surface area contributed by atoms with Gasteiger partial charge in [0.15, 0.2) is 0 Å². The number of rotatable bonds is 3. The summed E-state index contributed by atoms with van der Waals surface area (Å²) in [5.41, 5.74) is 0.487. The van der Waals surface area contributed by atoms with Gasteiger partial charge < -0.3 is 9.64 Å². The van der Waals surface area contributed by atoms with Crippen LogP contribution in [0.5, 0.6) is 5.75 Å². The van der Waals surface area contributed by atoms with Gasteiger partial charge in [0.05, 0.1) is 12.7 Å². The largest absolute Gasteiger partial charge is 0.496 e. The van der Waals surface area contributed by atoms with Crippen LogP contribution in [0.4, 0.5) is 0 Å². The molecule has 0 bridgehead atoms. The van der Waals surface area contributed by atoms with E-state index in [1.807, 2.05) is 6.92 Å². The second kappa shape index (κ2) is 6.27. The summed E-state index contributed by atoms with van der Waals surface area (Å²) in [7, 11) is 1.51. The van der Waals surface area contributed by atoms with Crippen molar-refractivity contribution in [2.24, 2.45) is 5.92 Å². The van der Waals surface area contributed by atoms with E-state index in [1.54, 1.807) is 23.1 Å². The second-order valence-corrected chi connectivity index (χ2v) is 5.35. The summed E-state index contributed by atoms with van der Waals surface area (Å²) >= 11 is 5.90. The molecule has 2 rings (SSSR count). The van der Waals surface area contributed by atoms with Gasteiger partial charge >= 0.3 is 0 Å². The van der Waals surface area contributed by atoms with Crippen molar-refractivity contribution in [3.63, 3.8) is 0 Å². The van der Waals surface area contributed by atoms with E-state index in [4.69, 9.17) is 16.3 Å². The van der Waals surface area contributed by atoms with Crippen molar-refractivity contribution in [2.75, 3.05) is 20.2 Å². The number of Topliss-reactive ketones (excluding diaryl/α,β-unsaturated/α-hetero) is 1. The van der Waals surface area contributed by atoms with Gasteiger partial charge in [0.1, 0.15) is 11.5 Å². The lowest BCUT2D eigenvalue weighted by molar-refractivity contribution is -0.125. The average Bonchev–Trinajstić information content (AvgIpc) is 2.46. The molecule has 1 fully saturated rings. The smallest absolute Gasteiger partial charge is 0.257 e. The van der Waals surface area contributed by atoms with E-state index in [2.05, 4.69) is 0 Å². The number of nitrogens with zero attached hydrogens (tertiary/aromatic N) is 1. The molecule has 1 saturated heterocycles. The zero-order chi connectivity index (χ0) is 14.7. The van der Waals surface area contributed by atoms with Crippen LogP contribution in [0.3, 0.4) is 0 Å². The minimum atomic E-state index is -0.107. The van der Waals surface area contributed by atoms with E-state index in [-0.39, 0.29) is 17.6 Å². The van der Waals surface area contributed by atoms with E-state index in [0.29, 0.717) is 35.8 Å². The number of carbonyl (C=O) groups is 2. The summed E-state index contributed by atoms with van der Waals surface area (Å²) < 4.78 is 5.21. The lowest BCUT2D eigenvalue weighted by Crippen LogP contribution is -2.44. The van der Waals surface area contributed by atoms with E-state index in [9.17, 15) is 9.59 Å². The summed E-state index contributed by atoms with van der Waals surface area (Å²) in [5, 5.41) is 0.527. The number of amides is 1. The van der Waals surface area contributed by atoms with Gasteiger partial charge in [-0.3, -0.25) is 9.59 Å². The summed E-state index contributed by atoms with van der Waals surface area (Å²) in [4.78, 5) is 26.0. The van der Waals surface area contributed by atoms with E-state index >= 15 is 0 Å². The monoisotopic (exact) mass is 295 g/mol. The normalized spacial score (nSPS) is 19.1. The number of halogens is 1. The number of carbonyl (C=O) groups excluding carboxylic acids is 2. The van der Waals surface area contributed by atoms with E-state index in [0.717, 1.165) is 6.42 Å². The molecular formula is C15H18ClNO3. The fraction of sp³-hybridized carbons (Fsp3) is 0.467. The molecule has 0 spiro atoms. The number of piperidine rings is 1. The minimum absolute atomic E-state index is 0.0500. The third kappa shape index (κ3) is 2.96. The molecule has 0 radical (unpaired) electrons. The Bertz CT molecular complexity index is 530. The summed E-state index contributed by atoms with van der Waals surface area (Å²) in [6.45, 7) is 2.93. The Hall–Kier alpha value is -1.55. The first kappa shape index (κ1) is 14.9. The predicted octanol–water partition coefficient (Wildman–Crippen LogP) is 2.79. The van der Waals surface area contributed by atoms with Gasteiger partial charge in [0.25, 0.3) is 5.91 Å². The molecule has 1 aromatic rings. The van der Waals surface area contributed by atoms with Crippen LogP contribution < -0.4 is 4.74 Å². The van der Waals surface area contributed by atoms with Gasteiger partial charge in [-0.2, -0.15) is 0 Å². The van der Waals surface area contributed by atoms with E-state index < -0.39 is 0 Å². The molecule has 5 heteroatoms. The Labute approximate surface area is 123 Å². The summed E-state index contributed by atoms with van der Waals surface area (Å²) in [6.07, 6.45) is 1.19. The number of ketones is 1. The van der Waals surface area contributed by atoms with Crippen LogP contribution in [0.2, 0.25) is 5.02 Å². The molecule has 0 N–H and O–H groups in total. The molecule has 1 atom stereocenters. The zero-order valence-corrected chi connectivity index (χ0v) is 12.4. The van der Waals surface area contributed by atoms with Gasteiger partial charge in [-0.15, -0.1) is 0 Å². The van der Waals surface area contributed by atoms with Crippen molar-refractivity contribution < 1.29 is 14.3 Å². The zero-order valence-electron chi connectivity index (χ0n) is 11.7. The Morgan fingerprint density at radius 3 is 2.90 bits per heavy atom. The quantitative estimate of drug-likeness (QED) is 0.861. The maximum atomic E-state index is 12.6. The van der Waals surface area contributed by atoms with Gasteiger partial charge in [-0.05, 0) is 24.6 Å². The van der Waals surface area contributed by atoms with Crippen molar-refractivity contribution in [1.29, 1.82) is 0 Å². The van der Waals surface area contributed by atoms with Crippen molar-refractivity contribution in [3.8, 4) is 5.75 Å². The molecule has 1 heterocycles. The molecule has 0 aliphatic carbocycles. The summed E-state index contributed by atoms with van der Waals surface area (Å²) in [6, 6.07) is 4.96. The highest BCUT2D eigenvalue weighted by molar-refractivity contribution is 6.30. The van der Waals surface area contributed by atoms with Crippen molar-refractivity contribution in [1.82, 2.24) is 4.90 Å². The topological polar surface area (TPSA) is 46.6 Å². The first-order valence-corrected chi connectivity index (χ1v) is 7.10. The molecule has 1 aliphatic heterocycles.